The van der Waals surface area contributed by atoms with Crippen LogP contribution in [0, 0.1) is 5.92 Å². The molecule has 3 atom stereocenters. The molecule has 2 N–H and O–H groups in total. The highest BCUT2D eigenvalue weighted by molar-refractivity contribution is 5.43. The van der Waals surface area contributed by atoms with E-state index >= 15 is 0 Å². The summed E-state index contributed by atoms with van der Waals surface area (Å²) < 4.78 is 6.32. The van der Waals surface area contributed by atoms with E-state index in [-0.39, 0.29) is 6.04 Å². The summed E-state index contributed by atoms with van der Waals surface area (Å²) in [6, 6.07) is 6.62. The first-order valence-corrected chi connectivity index (χ1v) is 7.78. The molecule has 2 aliphatic carbocycles. The van der Waals surface area contributed by atoms with Crippen molar-refractivity contribution in [3.05, 3.63) is 29.3 Å². The van der Waals surface area contributed by atoms with Gasteiger partial charge in [0.2, 0.25) is 0 Å². The van der Waals surface area contributed by atoms with Gasteiger partial charge in [-0.2, -0.15) is 0 Å². The Morgan fingerprint density at radius 2 is 2.05 bits per heavy atom. The van der Waals surface area contributed by atoms with Gasteiger partial charge in [0.1, 0.15) is 5.75 Å². The molecule has 19 heavy (non-hydrogen) atoms. The molecule has 2 heteroatoms. The third-order valence-corrected chi connectivity index (χ3v) is 4.69. The fraction of sp³-hybridized carbons (Fsp3) is 0.647. The molecule has 0 saturated heterocycles. The molecule has 0 amide bonds. The lowest BCUT2D eigenvalue weighted by molar-refractivity contribution is 0.127. The Kier molecular flexibility index (Phi) is 3.79. The van der Waals surface area contributed by atoms with Gasteiger partial charge in [-0.15, -0.1) is 0 Å². The normalized spacial score (nSPS) is 30.7. The van der Waals surface area contributed by atoms with Crippen molar-refractivity contribution >= 4 is 0 Å². The van der Waals surface area contributed by atoms with E-state index in [4.69, 9.17) is 10.5 Å². The molecule has 3 rings (SSSR count). The van der Waals surface area contributed by atoms with Gasteiger partial charge in [0.15, 0.2) is 0 Å². The van der Waals surface area contributed by atoms with Crippen LogP contribution in [0.3, 0.4) is 0 Å². The van der Waals surface area contributed by atoms with Crippen LogP contribution >= 0.6 is 0 Å². The minimum Gasteiger partial charge on any atom is -0.490 e. The third kappa shape index (κ3) is 2.79. The lowest BCUT2D eigenvalue weighted by atomic mass is 9.87. The zero-order chi connectivity index (χ0) is 13.2. The number of ether oxygens (including phenoxy) is 1. The zero-order valence-electron chi connectivity index (χ0n) is 11.9. The summed E-state index contributed by atoms with van der Waals surface area (Å²) in [5, 5.41) is 0. The zero-order valence-corrected chi connectivity index (χ0v) is 11.9. The second-order valence-electron chi connectivity index (χ2n) is 6.33. The van der Waals surface area contributed by atoms with Gasteiger partial charge in [-0.3, -0.25) is 0 Å². The van der Waals surface area contributed by atoms with E-state index in [1.54, 1.807) is 0 Å². The van der Waals surface area contributed by atoms with Crippen LogP contribution in [0.2, 0.25) is 0 Å². The Morgan fingerprint density at radius 3 is 2.89 bits per heavy atom. The Labute approximate surface area is 116 Å². The average Bonchev–Trinajstić information content (AvgIpc) is 2.40. The summed E-state index contributed by atoms with van der Waals surface area (Å²) in [6.45, 7) is 2.34. The van der Waals surface area contributed by atoms with Crippen LogP contribution in [-0.4, -0.2) is 6.10 Å². The molecular weight excluding hydrogens is 234 g/mol. The largest absolute Gasteiger partial charge is 0.490 e. The number of fused-ring (bicyclic) bond motifs is 1. The van der Waals surface area contributed by atoms with E-state index in [1.165, 1.54) is 43.2 Å². The van der Waals surface area contributed by atoms with Crippen molar-refractivity contribution in [2.75, 3.05) is 0 Å². The summed E-state index contributed by atoms with van der Waals surface area (Å²) in [7, 11) is 0. The minimum atomic E-state index is 0.206. The predicted molar refractivity (Wildman–Crippen MR) is 78.4 cm³/mol. The molecule has 1 aromatic rings. The Bertz CT molecular complexity index is 443. The van der Waals surface area contributed by atoms with Crippen LogP contribution in [0.5, 0.6) is 5.75 Å². The first-order valence-electron chi connectivity index (χ1n) is 7.78. The first kappa shape index (κ1) is 13.0. The van der Waals surface area contributed by atoms with Gasteiger partial charge in [-0.05, 0) is 61.6 Å². The monoisotopic (exact) mass is 259 g/mol. The third-order valence-electron chi connectivity index (χ3n) is 4.69. The van der Waals surface area contributed by atoms with Crippen molar-refractivity contribution < 1.29 is 4.74 Å². The van der Waals surface area contributed by atoms with E-state index in [1.807, 2.05) is 0 Å². The molecule has 1 saturated carbocycles. The molecule has 2 nitrogen and oxygen atoms in total. The van der Waals surface area contributed by atoms with E-state index in [9.17, 15) is 0 Å². The lowest BCUT2D eigenvalue weighted by Gasteiger charge is -2.30. The van der Waals surface area contributed by atoms with Gasteiger partial charge in [-0.25, -0.2) is 0 Å². The van der Waals surface area contributed by atoms with Crippen LogP contribution in [0.25, 0.3) is 0 Å². The predicted octanol–water partition coefficient (Wildman–Crippen LogP) is 3.98. The molecule has 1 aromatic carbocycles. The van der Waals surface area contributed by atoms with Crippen molar-refractivity contribution in [3.8, 4) is 5.75 Å². The van der Waals surface area contributed by atoms with Crippen molar-refractivity contribution in [1.82, 2.24) is 0 Å². The molecule has 0 radical (unpaired) electrons. The fourth-order valence-corrected chi connectivity index (χ4v) is 3.63. The van der Waals surface area contributed by atoms with E-state index in [0.717, 1.165) is 24.5 Å². The lowest BCUT2D eigenvalue weighted by Crippen LogP contribution is -2.25. The van der Waals surface area contributed by atoms with Crippen molar-refractivity contribution in [2.45, 2.75) is 64.0 Å². The second-order valence-corrected chi connectivity index (χ2v) is 6.33. The van der Waals surface area contributed by atoms with E-state index < -0.39 is 0 Å². The van der Waals surface area contributed by atoms with Crippen molar-refractivity contribution in [3.63, 3.8) is 0 Å². The van der Waals surface area contributed by atoms with Crippen LogP contribution in [0.4, 0.5) is 0 Å². The summed E-state index contributed by atoms with van der Waals surface area (Å²) in [5.74, 6) is 1.91. The van der Waals surface area contributed by atoms with E-state index in [2.05, 4.69) is 25.1 Å². The van der Waals surface area contributed by atoms with Crippen molar-refractivity contribution in [2.24, 2.45) is 11.7 Å². The van der Waals surface area contributed by atoms with Crippen LogP contribution in [0.1, 0.15) is 62.6 Å². The van der Waals surface area contributed by atoms with Crippen LogP contribution in [-0.2, 0) is 6.42 Å². The van der Waals surface area contributed by atoms with Gasteiger partial charge in [0.05, 0.1) is 6.10 Å². The van der Waals surface area contributed by atoms with Gasteiger partial charge >= 0.3 is 0 Å². The molecular formula is C17H25NO. The maximum absolute atomic E-state index is 6.32. The van der Waals surface area contributed by atoms with Gasteiger partial charge in [0.25, 0.3) is 0 Å². The van der Waals surface area contributed by atoms with E-state index in [0.29, 0.717) is 6.10 Å². The smallest absolute Gasteiger partial charge is 0.123 e. The first-order chi connectivity index (χ1) is 9.24. The summed E-state index contributed by atoms with van der Waals surface area (Å²) in [4.78, 5) is 0. The molecule has 3 unspecified atom stereocenters. The molecule has 2 aliphatic rings. The molecule has 0 spiro atoms. The summed E-state index contributed by atoms with van der Waals surface area (Å²) in [6.07, 6.45) is 8.91. The highest BCUT2D eigenvalue weighted by Crippen LogP contribution is 2.36. The minimum absolute atomic E-state index is 0.206. The number of rotatable bonds is 2. The number of nitrogens with two attached hydrogens (primary N) is 1. The topological polar surface area (TPSA) is 35.2 Å². The quantitative estimate of drug-likeness (QED) is 0.872. The Morgan fingerprint density at radius 1 is 1.16 bits per heavy atom. The standard InChI is InChI=1S/C17H25NO/c1-12-5-2-6-13(11-12)19-17-10-4-7-14-15(17)8-3-9-16(14)18/h4,7,10,12-13,16H,2-3,5-6,8-9,11,18H2,1H3. The molecule has 1 fully saturated rings. The highest BCUT2D eigenvalue weighted by atomic mass is 16.5. The average molecular weight is 259 g/mol. The maximum atomic E-state index is 6.32. The number of hydrogen-bond acceptors (Lipinski definition) is 2. The maximum Gasteiger partial charge on any atom is 0.123 e. The molecule has 104 valence electrons. The molecule has 0 heterocycles. The summed E-state index contributed by atoms with van der Waals surface area (Å²) in [5.41, 5.74) is 8.90. The Hall–Kier alpha value is -1.02. The van der Waals surface area contributed by atoms with Crippen LogP contribution in [0.15, 0.2) is 18.2 Å². The molecule has 0 aliphatic heterocycles. The number of benzene rings is 1. The van der Waals surface area contributed by atoms with Gasteiger partial charge in [-0.1, -0.05) is 25.5 Å². The van der Waals surface area contributed by atoms with Gasteiger partial charge in [0, 0.05) is 6.04 Å². The van der Waals surface area contributed by atoms with Crippen molar-refractivity contribution in [1.29, 1.82) is 0 Å². The SMILES string of the molecule is CC1CCCC(Oc2cccc3c2CCCC3N)C1. The Balaban J connectivity index is 1.79. The van der Waals surface area contributed by atoms with Crippen LogP contribution < -0.4 is 10.5 Å². The van der Waals surface area contributed by atoms with Gasteiger partial charge < -0.3 is 10.5 Å². The second kappa shape index (κ2) is 5.54. The highest BCUT2D eigenvalue weighted by Gasteiger charge is 2.24. The fourth-order valence-electron chi connectivity index (χ4n) is 3.63. The molecule has 0 bridgehead atoms. The number of hydrogen-bond donors (Lipinski definition) is 1. The molecule has 0 aromatic heterocycles. The summed E-state index contributed by atoms with van der Waals surface area (Å²) >= 11 is 0.